The summed E-state index contributed by atoms with van der Waals surface area (Å²) in [5.74, 6) is 0. The van der Waals surface area contributed by atoms with E-state index in [0.29, 0.717) is 11.9 Å². The lowest BCUT2D eigenvalue weighted by Crippen LogP contribution is -2.41. The van der Waals surface area contributed by atoms with E-state index in [1.165, 1.54) is 0 Å². The molecule has 2 aromatic rings. The summed E-state index contributed by atoms with van der Waals surface area (Å²) in [5.41, 5.74) is 2.00. The van der Waals surface area contributed by atoms with Crippen LogP contribution < -0.4 is 10.0 Å². The third-order valence-corrected chi connectivity index (χ3v) is 7.53. The fourth-order valence-corrected chi connectivity index (χ4v) is 4.69. The summed E-state index contributed by atoms with van der Waals surface area (Å²) in [6.07, 6.45) is 0. The van der Waals surface area contributed by atoms with Gasteiger partial charge in [-0.05, 0) is 51.0 Å². The highest BCUT2D eigenvalue weighted by atomic mass is 32.2. The molecule has 0 bridgehead atoms. The van der Waals surface area contributed by atoms with Crippen LogP contribution in [-0.4, -0.2) is 22.6 Å². The van der Waals surface area contributed by atoms with Crippen molar-refractivity contribution in [2.24, 2.45) is 0 Å². The van der Waals surface area contributed by atoms with Gasteiger partial charge in [0.1, 0.15) is 10.8 Å². The normalized spacial score (nSPS) is 16.7. The van der Waals surface area contributed by atoms with Gasteiger partial charge in [-0.25, -0.2) is 0 Å². The predicted octanol–water partition coefficient (Wildman–Crippen LogP) is 4.40. The van der Waals surface area contributed by atoms with E-state index < -0.39 is 18.7 Å². The minimum Gasteiger partial charge on any atom is -0.598 e. The van der Waals surface area contributed by atoms with Crippen molar-refractivity contribution in [2.75, 3.05) is 13.3 Å². The first-order valence-electron chi connectivity index (χ1n) is 8.70. The van der Waals surface area contributed by atoms with Gasteiger partial charge in [-0.3, -0.25) is 4.57 Å². The number of rotatable bonds is 7. The summed E-state index contributed by atoms with van der Waals surface area (Å²) in [5, 5.41) is 0.687. The van der Waals surface area contributed by atoms with E-state index in [1.807, 2.05) is 82.3 Å². The molecule has 0 heterocycles. The summed E-state index contributed by atoms with van der Waals surface area (Å²) in [7, 11) is -2.80. The van der Waals surface area contributed by atoms with E-state index in [2.05, 4.69) is 4.72 Å². The van der Waals surface area contributed by atoms with E-state index in [-0.39, 0.29) is 10.8 Å². The Bertz CT molecular complexity index is 744. The average molecular weight is 393 g/mol. The zero-order valence-electron chi connectivity index (χ0n) is 16.1. The van der Waals surface area contributed by atoms with E-state index in [1.54, 1.807) is 6.66 Å². The summed E-state index contributed by atoms with van der Waals surface area (Å²) in [6, 6.07) is 17.2. The molecular formula is C20H28NO3PS. The van der Waals surface area contributed by atoms with Gasteiger partial charge in [0.2, 0.25) is 7.37 Å². The minimum atomic E-state index is -2.80. The molecule has 26 heavy (non-hydrogen) atoms. The summed E-state index contributed by atoms with van der Waals surface area (Å²) in [4.78, 5) is 0. The molecule has 0 aliphatic heterocycles. The highest BCUT2D eigenvalue weighted by Crippen LogP contribution is 2.41. The minimum absolute atomic E-state index is 0.214. The first kappa shape index (κ1) is 21.2. The zero-order valence-corrected chi connectivity index (χ0v) is 17.8. The molecule has 0 aliphatic carbocycles. The van der Waals surface area contributed by atoms with Gasteiger partial charge in [0.05, 0.1) is 6.61 Å². The fourth-order valence-electron chi connectivity index (χ4n) is 2.52. The van der Waals surface area contributed by atoms with Crippen molar-refractivity contribution in [3.8, 4) is 0 Å². The average Bonchev–Trinajstić information content (AvgIpc) is 2.59. The van der Waals surface area contributed by atoms with Crippen molar-refractivity contribution in [2.45, 2.75) is 38.5 Å². The lowest BCUT2D eigenvalue weighted by Gasteiger charge is -2.28. The Hall–Kier alpha value is -1.10. The smallest absolute Gasteiger partial charge is 0.229 e. The van der Waals surface area contributed by atoms with Crippen LogP contribution in [-0.2, 0) is 20.5 Å². The monoisotopic (exact) mass is 393 g/mol. The lowest BCUT2D eigenvalue weighted by molar-refractivity contribution is 0.345. The second-order valence-corrected chi connectivity index (χ2v) is 11.7. The summed E-state index contributed by atoms with van der Waals surface area (Å²) in [6.45, 7) is 9.70. The van der Waals surface area contributed by atoms with Gasteiger partial charge >= 0.3 is 0 Å². The molecule has 0 saturated carbocycles. The van der Waals surface area contributed by atoms with Crippen molar-refractivity contribution in [1.29, 1.82) is 0 Å². The van der Waals surface area contributed by atoms with Gasteiger partial charge in [-0.1, -0.05) is 42.5 Å². The molecule has 0 amide bonds. The van der Waals surface area contributed by atoms with E-state index in [9.17, 15) is 9.12 Å². The van der Waals surface area contributed by atoms with Crippen LogP contribution >= 0.6 is 7.37 Å². The SMILES string of the molecule is CCOP(C)(=O)c1ccc([C@H](N[S+]([O-])C(C)(C)C)c2ccccc2)cc1. The molecule has 2 rings (SSSR count). The van der Waals surface area contributed by atoms with Gasteiger partial charge in [-0.2, -0.15) is 0 Å². The first-order chi connectivity index (χ1) is 12.1. The van der Waals surface area contributed by atoms with Crippen LogP contribution in [0.4, 0.5) is 0 Å². The third kappa shape index (κ3) is 5.45. The molecule has 6 heteroatoms. The summed E-state index contributed by atoms with van der Waals surface area (Å²) < 4.78 is 33.5. The lowest BCUT2D eigenvalue weighted by atomic mass is 10.00. The van der Waals surface area contributed by atoms with Crippen molar-refractivity contribution in [1.82, 2.24) is 4.72 Å². The quantitative estimate of drug-likeness (QED) is 0.560. The molecule has 3 atom stereocenters. The Balaban J connectivity index is 2.35. The molecule has 0 spiro atoms. The van der Waals surface area contributed by atoms with Crippen molar-refractivity contribution in [3.05, 3.63) is 65.7 Å². The molecule has 0 aliphatic rings. The van der Waals surface area contributed by atoms with Crippen LogP contribution in [0.2, 0.25) is 0 Å². The Morgan fingerprint density at radius 1 is 1.08 bits per heavy atom. The molecule has 0 fully saturated rings. The maximum absolute atomic E-state index is 12.7. The zero-order chi connectivity index (χ0) is 19.4. The number of hydrogen-bond acceptors (Lipinski definition) is 4. The molecule has 2 aromatic carbocycles. The van der Waals surface area contributed by atoms with E-state index in [4.69, 9.17) is 4.52 Å². The van der Waals surface area contributed by atoms with Gasteiger partial charge in [0, 0.05) is 23.3 Å². The van der Waals surface area contributed by atoms with Crippen LogP contribution in [0.3, 0.4) is 0 Å². The van der Waals surface area contributed by atoms with Crippen LogP contribution in [0.15, 0.2) is 54.6 Å². The Morgan fingerprint density at radius 3 is 2.12 bits per heavy atom. The van der Waals surface area contributed by atoms with Crippen LogP contribution in [0.25, 0.3) is 0 Å². The number of nitrogens with one attached hydrogen (secondary N) is 1. The molecule has 2 unspecified atom stereocenters. The predicted molar refractivity (Wildman–Crippen MR) is 111 cm³/mol. The molecule has 1 N–H and O–H groups in total. The van der Waals surface area contributed by atoms with Crippen LogP contribution in [0.5, 0.6) is 0 Å². The highest BCUT2D eigenvalue weighted by molar-refractivity contribution is 7.90. The Kier molecular flexibility index (Phi) is 7.12. The van der Waals surface area contributed by atoms with Gasteiger partial charge in [-0.15, -0.1) is 4.72 Å². The maximum Gasteiger partial charge on any atom is 0.229 e. The maximum atomic E-state index is 12.7. The van der Waals surface area contributed by atoms with Gasteiger partial charge in [0.25, 0.3) is 0 Å². The van der Waals surface area contributed by atoms with Gasteiger partial charge < -0.3 is 9.08 Å². The first-order valence-corrected chi connectivity index (χ1v) is 11.9. The molecule has 0 radical (unpaired) electrons. The number of benzene rings is 2. The molecule has 4 nitrogen and oxygen atoms in total. The largest absolute Gasteiger partial charge is 0.598 e. The highest BCUT2D eigenvalue weighted by Gasteiger charge is 2.30. The Labute approximate surface area is 160 Å². The second-order valence-electron chi connectivity index (χ2n) is 7.20. The van der Waals surface area contributed by atoms with E-state index >= 15 is 0 Å². The molecule has 0 aromatic heterocycles. The summed E-state index contributed by atoms with van der Waals surface area (Å²) >= 11 is -1.22. The van der Waals surface area contributed by atoms with Crippen molar-refractivity contribution in [3.63, 3.8) is 0 Å². The van der Waals surface area contributed by atoms with Crippen molar-refractivity contribution >= 4 is 24.0 Å². The molecular weight excluding hydrogens is 365 g/mol. The molecule has 0 saturated heterocycles. The third-order valence-electron chi connectivity index (χ3n) is 3.98. The standard InChI is InChI=1S/C20H28NO3PS/c1-6-24-25(5,22)18-14-12-17(13-15-18)19(16-10-8-7-9-11-16)21-26(23)20(2,3)4/h7-15,19,21H,6H2,1-5H3/t19-,25?,26?/m1/s1. The van der Waals surface area contributed by atoms with Crippen molar-refractivity contribution < 1.29 is 13.6 Å². The topological polar surface area (TPSA) is 61.4 Å². The van der Waals surface area contributed by atoms with Gasteiger partial charge in [0.15, 0.2) is 0 Å². The number of hydrogen-bond donors (Lipinski definition) is 1. The van der Waals surface area contributed by atoms with Crippen LogP contribution in [0.1, 0.15) is 44.9 Å². The second kappa shape index (κ2) is 8.73. The van der Waals surface area contributed by atoms with Crippen LogP contribution in [0, 0.1) is 0 Å². The fraction of sp³-hybridized carbons (Fsp3) is 0.400. The van der Waals surface area contributed by atoms with E-state index in [0.717, 1.165) is 11.1 Å². The molecule has 142 valence electrons. The Morgan fingerprint density at radius 2 is 1.62 bits per heavy atom.